The largest absolute Gasteiger partial charge is 0.480 e. The summed E-state index contributed by atoms with van der Waals surface area (Å²) >= 11 is 1.57. The monoisotopic (exact) mass is 305 g/mol. The van der Waals surface area contributed by atoms with Crippen LogP contribution in [0.5, 0.6) is 0 Å². The number of carboxylic acids is 1. The van der Waals surface area contributed by atoms with Gasteiger partial charge in [-0.15, -0.1) is 0 Å². The standard InChI is InChI=1S/C13H27N3O3S/c1-5-16(9-6-8-15(2)3)13(19)14-11(12(17)18)7-10-20-4/h11H,5-10H2,1-4H3,(H,14,19)(H,17,18)/t11-/m0/s1. The predicted octanol–water partition coefficient (Wildman–Crippen LogP) is 1.18. The molecular weight excluding hydrogens is 278 g/mol. The maximum atomic E-state index is 12.1. The van der Waals surface area contributed by atoms with Crippen LogP contribution in [0.2, 0.25) is 0 Å². The van der Waals surface area contributed by atoms with E-state index in [1.54, 1.807) is 16.7 Å². The lowest BCUT2D eigenvalue weighted by atomic mass is 10.2. The number of hydrogen-bond acceptors (Lipinski definition) is 4. The summed E-state index contributed by atoms with van der Waals surface area (Å²) in [4.78, 5) is 26.9. The van der Waals surface area contributed by atoms with Crippen molar-refractivity contribution in [3.8, 4) is 0 Å². The summed E-state index contributed by atoms with van der Waals surface area (Å²) in [5.41, 5.74) is 0. The van der Waals surface area contributed by atoms with E-state index in [1.807, 2.05) is 27.3 Å². The molecule has 0 saturated heterocycles. The molecule has 0 aromatic heterocycles. The van der Waals surface area contributed by atoms with E-state index in [-0.39, 0.29) is 6.03 Å². The third kappa shape index (κ3) is 8.27. The Morgan fingerprint density at radius 1 is 1.30 bits per heavy atom. The number of thioether (sulfide) groups is 1. The van der Waals surface area contributed by atoms with E-state index >= 15 is 0 Å². The number of hydrogen-bond donors (Lipinski definition) is 2. The average molecular weight is 305 g/mol. The number of carbonyl (C=O) groups is 2. The Balaban J connectivity index is 4.31. The van der Waals surface area contributed by atoms with Crippen LogP contribution in [0.15, 0.2) is 0 Å². The molecule has 0 aliphatic rings. The van der Waals surface area contributed by atoms with Crippen molar-refractivity contribution in [3.05, 3.63) is 0 Å². The first kappa shape index (κ1) is 19.1. The summed E-state index contributed by atoms with van der Waals surface area (Å²) in [5, 5.41) is 11.7. The fraction of sp³-hybridized carbons (Fsp3) is 0.846. The van der Waals surface area contributed by atoms with E-state index in [4.69, 9.17) is 5.11 Å². The highest BCUT2D eigenvalue weighted by atomic mass is 32.2. The third-order valence-electron chi connectivity index (χ3n) is 2.91. The minimum Gasteiger partial charge on any atom is -0.480 e. The zero-order valence-corrected chi connectivity index (χ0v) is 13.7. The number of nitrogens with one attached hydrogen (secondary N) is 1. The lowest BCUT2D eigenvalue weighted by Gasteiger charge is -2.24. The van der Waals surface area contributed by atoms with Crippen molar-refractivity contribution in [1.82, 2.24) is 15.1 Å². The number of urea groups is 1. The lowest BCUT2D eigenvalue weighted by Crippen LogP contribution is -2.48. The van der Waals surface area contributed by atoms with Crippen LogP contribution in [0.4, 0.5) is 4.79 Å². The van der Waals surface area contributed by atoms with Crippen LogP contribution in [-0.4, -0.2) is 78.7 Å². The Hall–Kier alpha value is -0.950. The summed E-state index contributed by atoms with van der Waals surface area (Å²) in [6.45, 7) is 4.01. The van der Waals surface area contributed by atoms with Gasteiger partial charge >= 0.3 is 12.0 Å². The van der Waals surface area contributed by atoms with Gasteiger partial charge in [-0.2, -0.15) is 11.8 Å². The molecule has 0 radical (unpaired) electrons. The molecule has 0 aliphatic heterocycles. The zero-order chi connectivity index (χ0) is 15.5. The van der Waals surface area contributed by atoms with Gasteiger partial charge in [0, 0.05) is 13.1 Å². The Labute approximate surface area is 125 Å². The summed E-state index contributed by atoms with van der Waals surface area (Å²) in [6.07, 6.45) is 3.23. The van der Waals surface area contributed by atoms with Crippen molar-refractivity contribution in [1.29, 1.82) is 0 Å². The molecule has 0 fully saturated rings. The van der Waals surface area contributed by atoms with Gasteiger partial charge in [0.05, 0.1) is 0 Å². The van der Waals surface area contributed by atoms with Gasteiger partial charge in [0.2, 0.25) is 0 Å². The van der Waals surface area contributed by atoms with Crippen LogP contribution in [0.25, 0.3) is 0 Å². The molecule has 7 heteroatoms. The number of carboxylic acid groups (broad SMARTS) is 1. The maximum absolute atomic E-state index is 12.1. The molecule has 20 heavy (non-hydrogen) atoms. The molecule has 6 nitrogen and oxygen atoms in total. The first-order chi connectivity index (χ1) is 9.42. The van der Waals surface area contributed by atoms with Gasteiger partial charge in [0.25, 0.3) is 0 Å². The second-order valence-corrected chi connectivity index (χ2v) is 5.84. The van der Waals surface area contributed by atoms with Crippen molar-refractivity contribution in [3.63, 3.8) is 0 Å². The number of aliphatic carboxylic acids is 1. The fourth-order valence-corrected chi connectivity index (χ4v) is 2.19. The molecule has 0 aromatic carbocycles. The smallest absolute Gasteiger partial charge is 0.326 e. The molecule has 0 spiro atoms. The Bertz CT molecular complexity index is 301. The molecule has 0 bridgehead atoms. The molecule has 1 atom stereocenters. The quantitative estimate of drug-likeness (QED) is 0.634. The van der Waals surface area contributed by atoms with Gasteiger partial charge in [0.1, 0.15) is 6.04 Å². The molecule has 0 aliphatic carbocycles. The Morgan fingerprint density at radius 3 is 2.40 bits per heavy atom. The van der Waals surface area contributed by atoms with Crippen LogP contribution in [0.3, 0.4) is 0 Å². The molecule has 0 unspecified atom stereocenters. The van der Waals surface area contributed by atoms with E-state index in [9.17, 15) is 9.59 Å². The highest BCUT2D eigenvalue weighted by Crippen LogP contribution is 2.03. The summed E-state index contributed by atoms with van der Waals surface area (Å²) in [7, 11) is 3.97. The first-order valence-electron chi connectivity index (χ1n) is 6.84. The highest BCUT2D eigenvalue weighted by Gasteiger charge is 2.21. The number of amides is 2. The van der Waals surface area contributed by atoms with Gasteiger partial charge in [-0.25, -0.2) is 9.59 Å². The van der Waals surface area contributed by atoms with Gasteiger partial charge < -0.3 is 20.2 Å². The number of nitrogens with zero attached hydrogens (tertiary/aromatic N) is 2. The minimum atomic E-state index is -0.975. The van der Waals surface area contributed by atoms with Gasteiger partial charge in [-0.3, -0.25) is 0 Å². The molecular formula is C13H27N3O3S. The summed E-state index contributed by atoms with van der Waals surface area (Å²) < 4.78 is 0. The van der Waals surface area contributed by atoms with E-state index < -0.39 is 12.0 Å². The maximum Gasteiger partial charge on any atom is 0.326 e. The van der Waals surface area contributed by atoms with E-state index in [0.29, 0.717) is 25.3 Å². The molecule has 118 valence electrons. The second kappa shape index (κ2) is 10.8. The second-order valence-electron chi connectivity index (χ2n) is 4.86. The lowest BCUT2D eigenvalue weighted by molar-refractivity contribution is -0.139. The SMILES string of the molecule is CCN(CCCN(C)C)C(=O)N[C@@H](CCSC)C(=O)O. The van der Waals surface area contributed by atoms with E-state index in [2.05, 4.69) is 10.2 Å². The zero-order valence-electron chi connectivity index (χ0n) is 12.9. The molecule has 0 heterocycles. The van der Waals surface area contributed by atoms with E-state index in [1.165, 1.54) is 0 Å². The molecule has 0 saturated carbocycles. The fourth-order valence-electron chi connectivity index (χ4n) is 1.71. The molecule has 2 N–H and O–H groups in total. The first-order valence-corrected chi connectivity index (χ1v) is 8.23. The van der Waals surface area contributed by atoms with E-state index in [0.717, 1.165) is 13.0 Å². The average Bonchev–Trinajstić information content (AvgIpc) is 2.38. The van der Waals surface area contributed by atoms with Crippen molar-refractivity contribution in [2.24, 2.45) is 0 Å². The number of rotatable bonds is 10. The third-order valence-corrected chi connectivity index (χ3v) is 3.55. The summed E-state index contributed by atoms with van der Waals surface area (Å²) in [6, 6.07) is -1.10. The summed E-state index contributed by atoms with van der Waals surface area (Å²) in [5.74, 6) is -0.263. The molecule has 2 amide bonds. The minimum absolute atomic E-state index is 0.292. The number of carbonyl (C=O) groups excluding carboxylic acids is 1. The van der Waals surface area contributed by atoms with Crippen LogP contribution < -0.4 is 5.32 Å². The normalized spacial score (nSPS) is 12.2. The van der Waals surface area contributed by atoms with Gasteiger partial charge in [-0.1, -0.05) is 0 Å². The topological polar surface area (TPSA) is 72.9 Å². The van der Waals surface area contributed by atoms with Crippen LogP contribution in [0.1, 0.15) is 19.8 Å². The molecule has 0 rings (SSSR count). The Kier molecular flexibility index (Phi) is 10.3. The van der Waals surface area contributed by atoms with Crippen LogP contribution in [-0.2, 0) is 4.79 Å². The highest BCUT2D eigenvalue weighted by molar-refractivity contribution is 7.98. The van der Waals surface area contributed by atoms with Gasteiger partial charge in [-0.05, 0) is 52.4 Å². The van der Waals surface area contributed by atoms with Crippen molar-refractivity contribution < 1.29 is 14.7 Å². The van der Waals surface area contributed by atoms with Gasteiger partial charge in [0.15, 0.2) is 0 Å². The molecule has 0 aromatic rings. The predicted molar refractivity (Wildman–Crippen MR) is 83.4 cm³/mol. The van der Waals surface area contributed by atoms with Crippen molar-refractivity contribution in [2.75, 3.05) is 45.7 Å². The van der Waals surface area contributed by atoms with Crippen molar-refractivity contribution in [2.45, 2.75) is 25.8 Å². The van der Waals surface area contributed by atoms with Crippen LogP contribution in [0, 0.1) is 0 Å². The van der Waals surface area contributed by atoms with Crippen molar-refractivity contribution >= 4 is 23.8 Å². The van der Waals surface area contributed by atoms with Crippen LogP contribution >= 0.6 is 11.8 Å². The Morgan fingerprint density at radius 2 is 1.95 bits per heavy atom.